The van der Waals surface area contributed by atoms with E-state index in [1.807, 2.05) is 30.3 Å². The van der Waals surface area contributed by atoms with E-state index in [1.54, 1.807) is 0 Å². The third kappa shape index (κ3) is 3.93. The molecule has 0 aliphatic rings. The van der Waals surface area contributed by atoms with Crippen LogP contribution in [0.4, 0.5) is 17.1 Å². The van der Waals surface area contributed by atoms with Crippen molar-refractivity contribution in [1.29, 1.82) is 0 Å². The van der Waals surface area contributed by atoms with Crippen LogP contribution in [0.5, 0.6) is 0 Å². The largest absolute Gasteiger partial charge is 0.456 e. The number of para-hydroxylation sites is 3. The molecule has 0 bridgehead atoms. The van der Waals surface area contributed by atoms with Crippen molar-refractivity contribution in [3.8, 4) is 11.1 Å². The summed E-state index contributed by atoms with van der Waals surface area (Å²) in [5.41, 5.74) is 10.5. The monoisotopic (exact) mass is 641 g/mol. The number of furan rings is 3. The Labute approximate surface area is 286 Å². The zero-order chi connectivity index (χ0) is 32.8. The summed E-state index contributed by atoms with van der Waals surface area (Å²) in [7, 11) is 0. The number of anilines is 3. The van der Waals surface area contributed by atoms with Crippen LogP contribution in [0.1, 0.15) is 0 Å². The van der Waals surface area contributed by atoms with E-state index < -0.39 is 0 Å². The maximum absolute atomic E-state index is 6.64. The summed E-state index contributed by atoms with van der Waals surface area (Å²) in [5, 5.41) is 8.92. The van der Waals surface area contributed by atoms with E-state index in [9.17, 15) is 0 Å². The summed E-state index contributed by atoms with van der Waals surface area (Å²) in [4.78, 5) is 2.27. The summed E-state index contributed by atoms with van der Waals surface area (Å²) in [5.74, 6) is 0. The second-order valence-corrected chi connectivity index (χ2v) is 12.9. The minimum Gasteiger partial charge on any atom is -0.456 e. The highest BCUT2D eigenvalue weighted by molar-refractivity contribution is 6.27. The summed E-state index contributed by atoms with van der Waals surface area (Å²) >= 11 is 0. The number of hydrogen-bond acceptors (Lipinski definition) is 4. The van der Waals surface area contributed by atoms with Gasteiger partial charge in [-0.1, -0.05) is 91.0 Å². The molecule has 0 radical (unpaired) electrons. The Morgan fingerprint density at radius 3 is 1.64 bits per heavy atom. The van der Waals surface area contributed by atoms with Gasteiger partial charge in [0.25, 0.3) is 0 Å². The van der Waals surface area contributed by atoms with Gasteiger partial charge in [0.05, 0.1) is 11.4 Å². The van der Waals surface area contributed by atoms with Gasteiger partial charge in [0.2, 0.25) is 0 Å². The average molecular weight is 642 g/mol. The van der Waals surface area contributed by atoms with Crippen molar-refractivity contribution in [2.75, 3.05) is 4.90 Å². The molecule has 0 unspecified atom stereocenters. The van der Waals surface area contributed by atoms with Gasteiger partial charge in [-0.15, -0.1) is 0 Å². The van der Waals surface area contributed by atoms with E-state index in [0.717, 1.165) is 99.2 Å². The lowest BCUT2D eigenvalue weighted by Gasteiger charge is -2.25. The maximum Gasteiger partial charge on any atom is 0.159 e. The molecule has 0 saturated heterocycles. The van der Waals surface area contributed by atoms with Crippen molar-refractivity contribution >= 4 is 93.7 Å². The Balaban J connectivity index is 1.13. The first kappa shape index (κ1) is 27.2. The van der Waals surface area contributed by atoms with Crippen molar-refractivity contribution < 1.29 is 13.3 Å². The summed E-state index contributed by atoms with van der Waals surface area (Å²) in [6.07, 6.45) is 0. The smallest absolute Gasteiger partial charge is 0.159 e. The van der Waals surface area contributed by atoms with Crippen LogP contribution in [0.2, 0.25) is 0 Å². The van der Waals surface area contributed by atoms with Gasteiger partial charge >= 0.3 is 0 Å². The molecule has 3 aromatic heterocycles. The molecule has 50 heavy (non-hydrogen) atoms. The normalized spacial score (nSPS) is 12.0. The molecule has 0 saturated carbocycles. The fourth-order valence-corrected chi connectivity index (χ4v) is 7.80. The molecular weight excluding hydrogens is 615 g/mol. The summed E-state index contributed by atoms with van der Waals surface area (Å²) < 4.78 is 19.4. The van der Waals surface area contributed by atoms with Crippen LogP contribution in [0.25, 0.3) is 87.7 Å². The maximum atomic E-state index is 6.64. The van der Waals surface area contributed by atoms with Crippen LogP contribution < -0.4 is 4.90 Å². The van der Waals surface area contributed by atoms with Crippen molar-refractivity contribution in [2.45, 2.75) is 0 Å². The van der Waals surface area contributed by atoms with E-state index >= 15 is 0 Å². The van der Waals surface area contributed by atoms with Crippen LogP contribution in [0, 0.1) is 0 Å². The predicted octanol–water partition coefficient (Wildman–Crippen LogP) is 13.7. The molecule has 0 N–H and O–H groups in total. The first-order valence-electron chi connectivity index (χ1n) is 16.8. The lowest BCUT2D eigenvalue weighted by atomic mass is 9.99. The SMILES string of the molecule is c1ccc(-c2ccc(N(c3ccc4c(c3)oc3ccc5c(ccc6oc7ccccc7c65)c34)c3cccc4c3oc3ccccc34)cc2)cc1. The molecule has 11 rings (SSSR count). The van der Waals surface area contributed by atoms with Gasteiger partial charge in [-0.25, -0.2) is 0 Å². The van der Waals surface area contributed by atoms with Gasteiger partial charge in [-0.3, -0.25) is 0 Å². The highest BCUT2D eigenvalue weighted by Gasteiger charge is 2.22. The molecular formula is C46H27NO3. The molecule has 0 amide bonds. The molecule has 0 spiro atoms. The summed E-state index contributed by atoms with van der Waals surface area (Å²) in [6.45, 7) is 0. The minimum atomic E-state index is 0.824. The van der Waals surface area contributed by atoms with Gasteiger partial charge in [-0.05, 0) is 88.6 Å². The molecule has 0 fully saturated rings. The second-order valence-electron chi connectivity index (χ2n) is 12.9. The number of hydrogen-bond donors (Lipinski definition) is 0. The van der Waals surface area contributed by atoms with Gasteiger partial charge in [0, 0.05) is 44.1 Å². The number of fused-ring (bicyclic) bond motifs is 12. The highest BCUT2D eigenvalue weighted by atomic mass is 16.3. The third-order valence-electron chi connectivity index (χ3n) is 10.1. The Bertz CT molecular complexity index is 3090. The number of benzene rings is 8. The van der Waals surface area contributed by atoms with Gasteiger partial charge in [-0.2, -0.15) is 0 Å². The molecule has 0 aliphatic heterocycles. The highest BCUT2D eigenvalue weighted by Crippen LogP contribution is 2.45. The molecule has 234 valence electrons. The average Bonchev–Trinajstić information content (AvgIpc) is 3.87. The minimum absolute atomic E-state index is 0.824. The standard InChI is InChI=1S/C46H27NO3/c1-2-9-28(10-3-1)29-17-19-30(20-18-29)47(38-14-8-13-35-32-11-4-6-15-39(32)50-46(35)38)31-21-22-37-43(27-31)49-42-26-24-33-34(45(37)42)23-25-41-44(33)36-12-5-7-16-40(36)48-41/h1-27H. The Morgan fingerprint density at radius 2 is 0.880 bits per heavy atom. The quantitative estimate of drug-likeness (QED) is 0.192. The van der Waals surface area contributed by atoms with Crippen molar-refractivity contribution in [2.24, 2.45) is 0 Å². The topological polar surface area (TPSA) is 42.7 Å². The van der Waals surface area contributed by atoms with Gasteiger partial charge < -0.3 is 18.2 Å². The molecule has 4 heteroatoms. The van der Waals surface area contributed by atoms with Crippen LogP contribution in [-0.4, -0.2) is 0 Å². The molecule has 8 aromatic carbocycles. The Hall–Kier alpha value is -6.78. The van der Waals surface area contributed by atoms with Crippen molar-refractivity contribution in [3.05, 3.63) is 164 Å². The number of nitrogens with zero attached hydrogens (tertiary/aromatic N) is 1. The van der Waals surface area contributed by atoms with E-state index in [1.165, 1.54) is 5.56 Å². The first-order chi connectivity index (χ1) is 24.8. The molecule has 0 atom stereocenters. The van der Waals surface area contributed by atoms with E-state index in [-0.39, 0.29) is 0 Å². The second kappa shape index (κ2) is 10.4. The van der Waals surface area contributed by atoms with Crippen molar-refractivity contribution in [3.63, 3.8) is 0 Å². The number of rotatable bonds is 4. The predicted molar refractivity (Wildman–Crippen MR) is 206 cm³/mol. The fourth-order valence-electron chi connectivity index (χ4n) is 7.80. The van der Waals surface area contributed by atoms with Crippen molar-refractivity contribution in [1.82, 2.24) is 0 Å². The zero-order valence-corrected chi connectivity index (χ0v) is 26.8. The lowest BCUT2D eigenvalue weighted by molar-refractivity contribution is 0.667. The van der Waals surface area contributed by atoms with Gasteiger partial charge in [0.1, 0.15) is 27.9 Å². The van der Waals surface area contributed by atoms with Crippen LogP contribution >= 0.6 is 0 Å². The van der Waals surface area contributed by atoms with Crippen LogP contribution in [0.15, 0.2) is 177 Å². The van der Waals surface area contributed by atoms with E-state index in [2.05, 4.69) is 138 Å². The first-order valence-corrected chi connectivity index (χ1v) is 16.8. The van der Waals surface area contributed by atoms with E-state index in [4.69, 9.17) is 13.3 Å². The molecule has 4 nitrogen and oxygen atoms in total. The van der Waals surface area contributed by atoms with Crippen LogP contribution in [0.3, 0.4) is 0 Å². The lowest BCUT2D eigenvalue weighted by Crippen LogP contribution is -2.10. The van der Waals surface area contributed by atoms with Crippen LogP contribution in [-0.2, 0) is 0 Å². The molecule has 0 aliphatic carbocycles. The Kier molecular flexibility index (Phi) is 5.63. The molecule has 3 heterocycles. The van der Waals surface area contributed by atoms with E-state index in [0.29, 0.717) is 0 Å². The third-order valence-corrected chi connectivity index (χ3v) is 10.1. The summed E-state index contributed by atoms with van der Waals surface area (Å²) in [6, 6.07) is 57.1. The zero-order valence-electron chi connectivity index (χ0n) is 26.8. The molecule has 11 aromatic rings. The van der Waals surface area contributed by atoms with Gasteiger partial charge in [0.15, 0.2) is 5.58 Å². The Morgan fingerprint density at radius 1 is 0.320 bits per heavy atom. The fraction of sp³-hybridized carbons (Fsp3) is 0.